The fourth-order valence-electron chi connectivity index (χ4n) is 10.8. The molecule has 6 unspecified atom stereocenters. The molecule has 1 heterocycles. The van der Waals surface area contributed by atoms with Gasteiger partial charge in [-0.05, 0) is 123 Å². The zero-order valence-corrected chi connectivity index (χ0v) is 37.9. The number of anilines is 5. The number of benzene rings is 5. The maximum atomic E-state index is 5.41. The number of fused-ring (bicyclic) bond motifs is 2. The summed E-state index contributed by atoms with van der Waals surface area (Å²) in [5.41, 5.74) is 11.6. The summed E-state index contributed by atoms with van der Waals surface area (Å²) < 4.78 is 0. The molecule has 12 rings (SSSR count). The largest absolute Gasteiger partial charge is 0.344 e. The van der Waals surface area contributed by atoms with E-state index in [1.807, 2.05) is 0 Å². The van der Waals surface area contributed by atoms with Crippen LogP contribution in [-0.2, 0) is 0 Å². The summed E-state index contributed by atoms with van der Waals surface area (Å²) in [6.07, 6.45) is 29.5. The van der Waals surface area contributed by atoms with Gasteiger partial charge < -0.3 is 14.7 Å². The van der Waals surface area contributed by atoms with Gasteiger partial charge in [-0.15, -0.1) is 0 Å². The summed E-state index contributed by atoms with van der Waals surface area (Å²) >= 11 is 0. The van der Waals surface area contributed by atoms with Gasteiger partial charge in [0.1, 0.15) is 0 Å². The van der Waals surface area contributed by atoms with Gasteiger partial charge in [0.25, 0.3) is 0 Å². The molecule has 6 aliphatic carbocycles. The molecule has 0 amide bonds. The van der Waals surface area contributed by atoms with Crippen molar-refractivity contribution < 1.29 is 0 Å². The highest BCUT2D eigenvalue weighted by Gasteiger charge is 2.48. The molecule has 0 radical (unpaired) electrons. The predicted molar refractivity (Wildman–Crippen MR) is 276 cm³/mol. The van der Waals surface area contributed by atoms with Gasteiger partial charge in [0.05, 0.1) is 5.54 Å². The van der Waals surface area contributed by atoms with E-state index in [-0.39, 0.29) is 11.5 Å². The van der Waals surface area contributed by atoms with Crippen molar-refractivity contribution in [3.63, 3.8) is 0 Å². The maximum absolute atomic E-state index is 5.41. The van der Waals surface area contributed by atoms with Gasteiger partial charge in [0.15, 0.2) is 17.5 Å². The van der Waals surface area contributed by atoms with Crippen molar-refractivity contribution in [1.82, 2.24) is 15.0 Å². The van der Waals surface area contributed by atoms with Crippen LogP contribution in [0.1, 0.15) is 50.1 Å². The molecule has 6 nitrogen and oxygen atoms in total. The fraction of sp³-hybridized carbons (Fsp3) is 0.197. The minimum atomic E-state index is -0.320. The number of rotatable bonds is 13. The number of allylic oxidation sites excluding steroid dienone is 13. The lowest BCUT2D eigenvalue weighted by molar-refractivity contribution is 0.571. The summed E-state index contributed by atoms with van der Waals surface area (Å²) in [6, 6.07) is 53.8. The molecule has 5 aromatic carbocycles. The number of aromatic nitrogens is 3. The minimum Gasteiger partial charge on any atom is -0.344 e. The lowest BCUT2D eigenvalue weighted by atomic mass is 9.87. The zero-order valence-electron chi connectivity index (χ0n) is 37.9. The second-order valence-corrected chi connectivity index (χ2v) is 19.0. The molecular formula is C61H54N6. The molecule has 0 saturated heterocycles. The Labute approximate surface area is 394 Å². The molecule has 328 valence electrons. The van der Waals surface area contributed by atoms with Gasteiger partial charge in [-0.2, -0.15) is 0 Å². The minimum absolute atomic E-state index is 0.276. The van der Waals surface area contributed by atoms with Gasteiger partial charge in [-0.1, -0.05) is 146 Å². The molecule has 0 bridgehead atoms. The zero-order chi connectivity index (χ0) is 44.7. The van der Waals surface area contributed by atoms with Crippen molar-refractivity contribution in [2.75, 3.05) is 21.2 Å². The standard InChI is InChI=1S/C61H54N6/c1-61(67(50-28-13-5-14-29-50)51-30-15-6-16-31-51)37-35-44(36-38-61)58-62-59(46-21-17-19-43(39-46)42-65(47-22-7-2-8-23-47)56-32-18-20-45-40-53(45)56)64-60(63-58)52-33-34-57(55-41-54(52)55)66(48-24-9-3-10-25-48)49-26-11-4-12-27-49/h2-18,20-37,39,43,45,53-55H,19,38,40-42H2,1H3. The normalized spacial score (nSPS) is 24.2. The van der Waals surface area contributed by atoms with Gasteiger partial charge in [-0.25, -0.2) is 15.0 Å². The molecule has 0 spiro atoms. The molecule has 67 heavy (non-hydrogen) atoms. The SMILES string of the molecule is CC1(N(c2ccccc2)c2ccccc2)C=CC(c2nc(C3=CC(CN(C4=CC=CC5CC45)c4ccccc4)CC=C3)nc(C3=CC=C(N(c4ccccc4)c4ccccc4)C4CC34)n2)=CC1. The smallest absolute Gasteiger partial charge is 0.163 e. The lowest BCUT2D eigenvalue weighted by Gasteiger charge is -2.42. The number of hydrogen-bond donors (Lipinski definition) is 0. The lowest BCUT2D eigenvalue weighted by Crippen LogP contribution is -2.42. The fourth-order valence-corrected chi connectivity index (χ4v) is 10.8. The van der Waals surface area contributed by atoms with Crippen molar-refractivity contribution in [2.24, 2.45) is 29.6 Å². The first-order chi connectivity index (χ1) is 33.1. The second-order valence-electron chi connectivity index (χ2n) is 19.0. The number of nitrogens with zero attached hydrogens (tertiary/aromatic N) is 6. The van der Waals surface area contributed by atoms with E-state index in [4.69, 9.17) is 15.0 Å². The molecule has 1 aromatic heterocycles. The van der Waals surface area contributed by atoms with Crippen molar-refractivity contribution >= 4 is 45.2 Å². The van der Waals surface area contributed by atoms with E-state index in [0.29, 0.717) is 29.5 Å². The van der Waals surface area contributed by atoms with E-state index < -0.39 is 0 Å². The Bertz CT molecular complexity index is 2960. The molecule has 2 fully saturated rings. The van der Waals surface area contributed by atoms with Crippen LogP contribution in [0.3, 0.4) is 0 Å². The topological polar surface area (TPSA) is 48.4 Å². The third-order valence-electron chi connectivity index (χ3n) is 14.4. The molecule has 0 aliphatic heterocycles. The van der Waals surface area contributed by atoms with E-state index in [1.165, 1.54) is 29.1 Å². The summed E-state index contributed by atoms with van der Waals surface area (Å²) in [7, 11) is 0. The summed E-state index contributed by atoms with van der Waals surface area (Å²) in [5, 5.41) is 0. The molecule has 6 aliphatic rings. The first-order valence-corrected chi connectivity index (χ1v) is 24.0. The molecule has 6 heteroatoms. The molecule has 2 saturated carbocycles. The molecule has 0 N–H and O–H groups in total. The second kappa shape index (κ2) is 17.3. The highest BCUT2D eigenvalue weighted by Crippen LogP contribution is 2.56. The first kappa shape index (κ1) is 40.9. The first-order valence-electron chi connectivity index (χ1n) is 24.0. The monoisotopic (exact) mass is 870 g/mol. The van der Waals surface area contributed by atoms with Crippen LogP contribution in [0.2, 0.25) is 0 Å². The van der Waals surface area contributed by atoms with E-state index in [1.54, 1.807) is 0 Å². The van der Waals surface area contributed by atoms with Crippen LogP contribution in [0.5, 0.6) is 0 Å². The van der Waals surface area contributed by atoms with Crippen LogP contribution >= 0.6 is 0 Å². The Morgan fingerprint density at radius 2 is 1.13 bits per heavy atom. The average molecular weight is 871 g/mol. The highest BCUT2D eigenvalue weighted by molar-refractivity contribution is 5.80. The Hall–Kier alpha value is -7.57. The third kappa shape index (κ3) is 8.11. The van der Waals surface area contributed by atoms with Crippen LogP contribution in [0.15, 0.2) is 230 Å². The van der Waals surface area contributed by atoms with Crippen LogP contribution in [0, 0.1) is 29.6 Å². The molecule has 6 atom stereocenters. The van der Waals surface area contributed by atoms with Crippen LogP contribution < -0.4 is 14.7 Å². The van der Waals surface area contributed by atoms with E-state index in [2.05, 4.69) is 240 Å². The van der Waals surface area contributed by atoms with Crippen molar-refractivity contribution in [3.05, 3.63) is 247 Å². The average Bonchev–Trinajstić information content (AvgIpc) is 4.34. The van der Waals surface area contributed by atoms with Crippen LogP contribution in [0.25, 0.3) is 16.7 Å². The molecular weight excluding hydrogens is 817 g/mol. The third-order valence-corrected chi connectivity index (χ3v) is 14.4. The van der Waals surface area contributed by atoms with Crippen molar-refractivity contribution in [3.8, 4) is 0 Å². The number of para-hydroxylation sites is 5. The van der Waals surface area contributed by atoms with E-state index >= 15 is 0 Å². The highest BCUT2D eigenvalue weighted by atomic mass is 15.2. The maximum Gasteiger partial charge on any atom is 0.163 e. The predicted octanol–water partition coefficient (Wildman–Crippen LogP) is 14.1. The van der Waals surface area contributed by atoms with Gasteiger partial charge in [0, 0.05) is 74.9 Å². The summed E-state index contributed by atoms with van der Waals surface area (Å²) in [6.45, 7) is 3.21. The summed E-state index contributed by atoms with van der Waals surface area (Å²) in [4.78, 5) is 23.6. The van der Waals surface area contributed by atoms with Crippen molar-refractivity contribution in [2.45, 2.75) is 38.1 Å². The van der Waals surface area contributed by atoms with Gasteiger partial charge >= 0.3 is 0 Å². The van der Waals surface area contributed by atoms with Crippen LogP contribution in [0.4, 0.5) is 28.4 Å². The number of hydrogen-bond acceptors (Lipinski definition) is 6. The van der Waals surface area contributed by atoms with E-state index in [0.717, 1.165) is 71.4 Å². The Morgan fingerprint density at radius 1 is 0.552 bits per heavy atom. The van der Waals surface area contributed by atoms with Gasteiger partial charge in [0.2, 0.25) is 0 Å². The van der Waals surface area contributed by atoms with Crippen molar-refractivity contribution in [1.29, 1.82) is 0 Å². The Balaban J connectivity index is 0.921. The van der Waals surface area contributed by atoms with Crippen LogP contribution in [-0.4, -0.2) is 27.0 Å². The van der Waals surface area contributed by atoms with Gasteiger partial charge in [-0.3, -0.25) is 0 Å². The Kier molecular flexibility index (Phi) is 10.6. The Morgan fingerprint density at radius 3 is 1.75 bits per heavy atom. The molecule has 6 aromatic rings. The van der Waals surface area contributed by atoms with E-state index in [9.17, 15) is 0 Å². The summed E-state index contributed by atoms with van der Waals surface area (Å²) in [5.74, 6) is 4.43. The quantitative estimate of drug-likeness (QED) is 0.115.